The lowest BCUT2D eigenvalue weighted by Gasteiger charge is -2.42. The molecule has 2 fully saturated rings. The topological polar surface area (TPSA) is 42.0 Å². The summed E-state index contributed by atoms with van der Waals surface area (Å²) in [5.74, 6) is 1.54. The minimum absolute atomic E-state index is 0.0620. The zero-order valence-electron chi connectivity index (χ0n) is 15.4. The number of nitrogens with zero attached hydrogens (tertiary/aromatic N) is 2. The molecule has 1 saturated heterocycles. The van der Waals surface area contributed by atoms with Crippen LogP contribution in [0.2, 0.25) is 0 Å². The number of hydrogen-bond acceptors (Lipinski definition) is 4. The summed E-state index contributed by atoms with van der Waals surface area (Å²) in [4.78, 5) is 17.2. The van der Waals surface area contributed by atoms with Gasteiger partial charge in [-0.1, -0.05) is 12.8 Å². The lowest BCUT2D eigenvalue weighted by Crippen LogP contribution is -2.53. The second kappa shape index (κ2) is 8.56. The van der Waals surface area contributed by atoms with Gasteiger partial charge < -0.3 is 14.4 Å². The lowest BCUT2D eigenvalue weighted by molar-refractivity contribution is -0.136. The fourth-order valence-corrected chi connectivity index (χ4v) is 4.15. The van der Waals surface area contributed by atoms with Crippen molar-refractivity contribution in [1.29, 1.82) is 0 Å². The first-order valence-electron chi connectivity index (χ1n) is 9.45. The number of hydrogen-bond donors (Lipinski definition) is 0. The molecule has 1 aromatic carbocycles. The predicted molar refractivity (Wildman–Crippen MR) is 98.1 cm³/mol. The van der Waals surface area contributed by atoms with Gasteiger partial charge in [0.25, 0.3) is 5.91 Å². The van der Waals surface area contributed by atoms with Gasteiger partial charge >= 0.3 is 0 Å². The minimum Gasteiger partial charge on any atom is -0.497 e. The third-order valence-corrected chi connectivity index (χ3v) is 5.62. The molecule has 0 aromatic heterocycles. The van der Waals surface area contributed by atoms with Crippen LogP contribution >= 0.6 is 0 Å². The van der Waals surface area contributed by atoms with Crippen molar-refractivity contribution in [3.05, 3.63) is 24.3 Å². The number of benzene rings is 1. The third kappa shape index (κ3) is 4.46. The number of rotatable bonds is 6. The average Bonchev–Trinajstić information content (AvgIpc) is 3.20. The average molecular weight is 346 g/mol. The van der Waals surface area contributed by atoms with E-state index >= 15 is 0 Å². The molecular weight excluding hydrogens is 316 g/mol. The molecule has 1 amide bonds. The zero-order chi connectivity index (χ0) is 17.6. The SMILES string of the molecule is COc1ccc(OCC(=O)N(C)[C@@H]2CCCC[C@H]2N2CCCC2)cc1. The van der Waals surface area contributed by atoms with Gasteiger partial charge in [0.1, 0.15) is 11.5 Å². The van der Waals surface area contributed by atoms with E-state index in [0.717, 1.165) is 12.2 Å². The number of carbonyl (C=O) groups is 1. The van der Waals surface area contributed by atoms with Crippen molar-refractivity contribution >= 4 is 5.91 Å². The van der Waals surface area contributed by atoms with Gasteiger partial charge in [-0.3, -0.25) is 9.69 Å². The smallest absolute Gasteiger partial charge is 0.260 e. The zero-order valence-corrected chi connectivity index (χ0v) is 15.4. The molecule has 2 atom stereocenters. The first-order chi connectivity index (χ1) is 12.2. The maximum atomic E-state index is 12.7. The van der Waals surface area contributed by atoms with E-state index < -0.39 is 0 Å². The van der Waals surface area contributed by atoms with Crippen LogP contribution in [-0.2, 0) is 4.79 Å². The standard InChI is InChI=1S/C20H30N2O3/c1-21(18-7-3-4-8-19(18)22-13-5-6-14-22)20(23)15-25-17-11-9-16(24-2)10-12-17/h9-12,18-19H,3-8,13-15H2,1-2H3/t18-,19-/m1/s1. The van der Waals surface area contributed by atoms with Crippen LogP contribution in [0.5, 0.6) is 11.5 Å². The molecule has 1 aromatic rings. The van der Waals surface area contributed by atoms with Crippen LogP contribution in [0, 0.1) is 0 Å². The van der Waals surface area contributed by atoms with Crippen molar-refractivity contribution in [3.8, 4) is 11.5 Å². The highest BCUT2D eigenvalue weighted by Crippen LogP contribution is 2.29. The van der Waals surface area contributed by atoms with E-state index in [2.05, 4.69) is 4.90 Å². The van der Waals surface area contributed by atoms with E-state index in [0.29, 0.717) is 17.8 Å². The maximum absolute atomic E-state index is 12.7. The van der Waals surface area contributed by atoms with Crippen LogP contribution in [0.4, 0.5) is 0 Å². The number of amides is 1. The number of methoxy groups -OCH3 is 1. The quantitative estimate of drug-likeness (QED) is 0.794. The van der Waals surface area contributed by atoms with Gasteiger partial charge in [-0.05, 0) is 63.0 Å². The molecule has 2 aliphatic rings. The van der Waals surface area contributed by atoms with Gasteiger partial charge in [0.2, 0.25) is 0 Å². The van der Waals surface area contributed by atoms with Crippen LogP contribution in [0.25, 0.3) is 0 Å². The minimum atomic E-state index is 0.0620. The monoisotopic (exact) mass is 346 g/mol. The highest BCUT2D eigenvalue weighted by atomic mass is 16.5. The van der Waals surface area contributed by atoms with Crippen LogP contribution in [-0.4, -0.2) is 61.6 Å². The van der Waals surface area contributed by atoms with Crippen molar-refractivity contribution in [2.75, 3.05) is 33.9 Å². The van der Waals surface area contributed by atoms with Gasteiger partial charge in [0, 0.05) is 19.1 Å². The molecule has 0 N–H and O–H groups in total. The van der Waals surface area contributed by atoms with Crippen molar-refractivity contribution in [2.24, 2.45) is 0 Å². The molecule has 0 spiro atoms. The van der Waals surface area contributed by atoms with Gasteiger partial charge in [0.05, 0.1) is 7.11 Å². The van der Waals surface area contributed by atoms with Crippen molar-refractivity contribution in [3.63, 3.8) is 0 Å². The third-order valence-electron chi connectivity index (χ3n) is 5.62. The van der Waals surface area contributed by atoms with Gasteiger partial charge in [-0.2, -0.15) is 0 Å². The molecule has 25 heavy (non-hydrogen) atoms. The van der Waals surface area contributed by atoms with Crippen molar-refractivity contribution < 1.29 is 14.3 Å². The Labute approximate surface area is 150 Å². The van der Waals surface area contributed by atoms with Crippen LogP contribution in [0.15, 0.2) is 24.3 Å². The molecule has 1 heterocycles. The van der Waals surface area contributed by atoms with Crippen molar-refractivity contribution in [1.82, 2.24) is 9.80 Å². The predicted octanol–water partition coefficient (Wildman–Crippen LogP) is 2.94. The van der Waals surface area contributed by atoms with Crippen LogP contribution < -0.4 is 9.47 Å². The summed E-state index contributed by atoms with van der Waals surface area (Å²) in [5.41, 5.74) is 0. The number of carbonyl (C=O) groups excluding carboxylic acids is 1. The lowest BCUT2D eigenvalue weighted by atomic mass is 9.88. The summed E-state index contributed by atoms with van der Waals surface area (Å²) in [7, 11) is 3.58. The number of likely N-dealkylation sites (tertiary alicyclic amines) is 1. The Morgan fingerprint density at radius 3 is 2.40 bits per heavy atom. The van der Waals surface area contributed by atoms with Crippen LogP contribution in [0.1, 0.15) is 38.5 Å². The number of ether oxygens (including phenoxy) is 2. The molecular formula is C20H30N2O3. The summed E-state index contributed by atoms with van der Waals surface area (Å²) in [5, 5.41) is 0. The Morgan fingerprint density at radius 2 is 1.72 bits per heavy atom. The number of likely N-dealkylation sites (N-methyl/N-ethyl adjacent to an activating group) is 1. The fourth-order valence-electron chi connectivity index (χ4n) is 4.15. The van der Waals surface area contributed by atoms with Gasteiger partial charge in [-0.15, -0.1) is 0 Å². The normalized spacial score (nSPS) is 24.1. The second-order valence-electron chi connectivity index (χ2n) is 7.13. The second-order valence-corrected chi connectivity index (χ2v) is 7.13. The Kier molecular flexibility index (Phi) is 6.19. The van der Waals surface area contributed by atoms with E-state index in [1.807, 2.05) is 36.2 Å². The Bertz CT molecular complexity index is 555. The Morgan fingerprint density at radius 1 is 1.08 bits per heavy atom. The maximum Gasteiger partial charge on any atom is 0.260 e. The first-order valence-corrected chi connectivity index (χ1v) is 9.45. The van der Waals surface area contributed by atoms with E-state index in [4.69, 9.17) is 9.47 Å². The summed E-state index contributed by atoms with van der Waals surface area (Å²) >= 11 is 0. The summed E-state index contributed by atoms with van der Waals surface area (Å²) < 4.78 is 10.8. The molecule has 0 unspecified atom stereocenters. The van der Waals surface area contributed by atoms with Crippen LogP contribution in [0.3, 0.4) is 0 Å². The van der Waals surface area contributed by atoms with E-state index in [1.54, 1.807) is 7.11 Å². The van der Waals surface area contributed by atoms with Gasteiger partial charge in [-0.25, -0.2) is 0 Å². The molecule has 5 heteroatoms. The Balaban J connectivity index is 1.56. The molecule has 0 radical (unpaired) electrons. The largest absolute Gasteiger partial charge is 0.497 e. The Hall–Kier alpha value is -1.75. The molecule has 5 nitrogen and oxygen atoms in total. The molecule has 0 bridgehead atoms. The van der Waals surface area contributed by atoms with Gasteiger partial charge in [0.15, 0.2) is 6.61 Å². The van der Waals surface area contributed by atoms with E-state index in [9.17, 15) is 4.79 Å². The van der Waals surface area contributed by atoms with E-state index in [-0.39, 0.29) is 12.5 Å². The van der Waals surface area contributed by atoms with E-state index in [1.165, 1.54) is 45.2 Å². The highest BCUT2D eigenvalue weighted by molar-refractivity contribution is 5.78. The first kappa shape index (κ1) is 18.1. The summed E-state index contributed by atoms with van der Waals surface area (Å²) in [6.07, 6.45) is 7.39. The fraction of sp³-hybridized carbons (Fsp3) is 0.650. The van der Waals surface area contributed by atoms with Crippen molar-refractivity contribution in [2.45, 2.75) is 50.6 Å². The molecule has 3 rings (SSSR count). The summed E-state index contributed by atoms with van der Waals surface area (Å²) in [6.45, 7) is 2.46. The highest BCUT2D eigenvalue weighted by Gasteiger charge is 2.35. The summed E-state index contributed by atoms with van der Waals surface area (Å²) in [6, 6.07) is 8.19. The molecule has 1 aliphatic carbocycles. The molecule has 138 valence electrons. The molecule has 1 aliphatic heterocycles. The molecule has 1 saturated carbocycles.